The lowest BCUT2D eigenvalue weighted by Gasteiger charge is -2.26. The summed E-state index contributed by atoms with van der Waals surface area (Å²) in [6.07, 6.45) is 0.239. The molecule has 0 bridgehead atoms. The molecule has 0 fully saturated rings. The average Bonchev–Trinajstić information content (AvgIpc) is 2.60. The molecule has 0 atom stereocenters. The Balaban J connectivity index is 3.08. The van der Waals surface area contributed by atoms with E-state index in [9.17, 15) is 14.4 Å². The Morgan fingerprint density at radius 2 is 1.60 bits per heavy atom. The van der Waals surface area contributed by atoms with E-state index in [0.717, 1.165) is 0 Å². The number of esters is 2. The van der Waals surface area contributed by atoms with Gasteiger partial charge in [0, 0.05) is 18.8 Å². The summed E-state index contributed by atoms with van der Waals surface area (Å²) in [6, 6.07) is 4.24. The van der Waals surface area contributed by atoms with Crippen molar-refractivity contribution >= 4 is 29.3 Å². The molecule has 25 heavy (non-hydrogen) atoms. The van der Waals surface area contributed by atoms with Gasteiger partial charge in [0.25, 0.3) is 0 Å². The molecule has 9 nitrogen and oxygen atoms in total. The first-order valence-corrected chi connectivity index (χ1v) is 7.54. The van der Waals surface area contributed by atoms with Gasteiger partial charge in [-0.25, -0.2) is 4.79 Å². The minimum Gasteiger partial charge on any atom is -0.495 e. The fourth-order valence-corrected chi connectivity index (χ4v) is 2.17. The molecule has 0 aliphatic rings. The maximum absolute atomic E-state index is 11.5. The van der Waals surface area contributed by atoms with Gasteiger partial charge in [0.05, 0.1) is 39.9 Å². The second kappa shape index (κ2) is 10.0. The SMILES string of the molecule is COC(=O)CCN(CCC(=O)OC)c1cc(NC(N)=O)ccc1OC. The number of nitrogens with zero attached hydrogens (tertiary/aromatic N) is 1. The van der Waals surface area contributed by atoms with E-state index in [1.807, 2.05) is 0 Å². The summed E-state index contributed by atoms with van der Waals surface area (Å²) in [6.45, 7) is 0.583. The maximum atomic E-state index is 11.5. The van der Waals surface area contributed by atoms with E-state index >= 15 is 0 Å². The van der Waals surface area contributed by atoms with Gasteiger partial charge < -0.3 is 30.2 Å². The quantitative estimate of drug-likeness (QED) is 0.638. The van der Waals surface area contributed by atoms with Crippen LogP contribution in [0.5, 0.6) is 5.75 Å². The lowest BCUT2D eigenvalue weighted by atomic mass is 10.2. The van der Waals surface area contributed by atoms with Crippen LogP contribution in [-0.4, -0.2) is 52.4 Å². The van der Waals surface area contributed by atoms with Crippen molar-refractivity contribution in [2.75, 3.05) is 44.6 Å². The Morgan fingerprint density at radius 3 is 2.04 bits per heavy atom. The minimum absolute atomic E-state index is 0.119. The van der Waals surface area contributed by atoms with Crippen molar-refractivity contribution in [1.82, 2.24) is 0 Å². The number of anilines is 2. The fourth-order valence-electron chi connectivity index (χ4n) is 2.17. The number of ether oxygens (including phenoxy) is 3. The second-order valence-electron chi connectivity index (χ2n) is 5.02. The van der Waals surface area contributed by atoms with Gasteiger partial charge in [0.1, 0.15) is 5.75 Å². The number of carbonyl (C=O) groups excluding carboxylic acids is 3. The van der Waals surface area contributed by atoms with E-state index in [-0.39, 0.29) is 24.8 Å². The molecule has 1 aromatic carbocycles. The number of benzene rings is 1. The number of methoxy groups -OCH3 is 3. The summed E-state index contributed by atoms with van der Waals surface area (Å²) in [5.41, 5.74) is 6.20. The summed E-state index contributed by atoms with van der Waals surface area (Å²) < 4.78 is 14.6. The van der Waals surface area contributed by atoms with Crippen LogP contribution in [0, 0.1) is 0 Å². The minimum atomic E-state index is -0.702. The molecule has 0 saturated carbocycles. The van der Waals surface area contributed by atoms with Crippen molar-refractivity contribution in [2.45, 2.75) is 12.8 Å². The van der Waals surface area contributed by atoms with Gasteiger partial charge in [0.15, 0.2) is 0 Å². The van der Waals surface area contributed by atoms with Crippen molar-refractivity contribution in [3.63, 3.8) is 0 Å². The normalized spacial score (nSPS) is 9.88. The summed E-state index contributed by atoms with van der Waals surface area (Å²) in [7, 11) is 4.11. The summed E-state index contributed by atoms with van der Waals surface area (Å²) >= 11 is 0. The lowest BCUT2D eigenvalue weighted by molar-refractivity contribution is -0.140. The predicted molar refractivity (Wildman–Crippen MR) is 91.7 cm³/mol. The van der Waals surface area contributed by atoms with E-state index in [0.29, 0.717) is 30.2 Å². The van der Waals surface area contributed by atoms with Crippen molar-refractivity contribution in [3.8, 4) is 5.75 Å². The third-order valence-electron chi connectivity index (χ3n) is 3.41. The Labute approximate surface area is 146 Å². The van der Waals surface area contributed by atoms with Crippen LogP contribution in [0.4, 0.5) is 16.2 Å². The number of urea groups is 1. The Kier molecular flexibility index (Phi) is 8.04. The number of hydrogen-bond acceptors (Lipinski definition) is 7. The Bertz CT molecular complexity index is 600. The van der Waals surface area contributed by atoms with E-state index in [2.05, 4.69) is 14.8 Å². The Morgan fingerprint density at radius 1 is 1.04 bits per heavy atom. The largest absolute Gasteiger partial charge is 0.495 e. The van der Waals surface area contributed by atoms with E-state index in [4.69, 9.17) is 10.5 Å². The number of hydrogen-bond donors (Lipinski definition) is 2. The fraction of sp³-hybridized carbons (Fsp3) is 0.438. The van der Waals surface area contributed by atoms with Crippen LogP contribution in [0.2, 0.25) is 0 Å². The standard InChI is InChI=1S/C16H23N3O6/c1-23-13-5-4-11(18-16(17)22)10-12(13)19(8-6-14(20)24-2)9-7-15(21)25-3/h4-5,10H,6-9H2,1-3H3,(H3,17,18,22). The smallest absolute Gasteiger partial charge is 0.316 e. The number of nitrogens with one attached hydrogen (secondary N) is 1. The molecule has 1 rings (SSSR count). The van der Waals surface area contributed by atoms with Crippen LogP contribution in [0.25, 0.3) is 0 Å². The first kappa shape index (κ1) is 20.1. The molecule has 0 unspecified atom stereocenters. The molecule has 9 heteroatoms. The van der Waals surface area contributed by atoms with Gasteiger partial charge in [-0.05, 0) is 18.2 Å². The molecule has 138 valence electrons. The number of nitrogens with two attached hydrogens (primary N) is 1. The first-order chi connectivity index (χ1) is 11.9. The monoisotopic (exact) mass is 353 g/mol. The molecule has 0 radical (unpaired) electrons. The van der Waals surface area contributed by atoms with Crippen molar-refractivity contribution < 1.29 is 28.6 Å². The molecule has 0 saturated heterocycles. The Hall–Kier alpha value is -2.97. The molecule has 1 aromatic rings. The van der Waals surface area contributed by atoms with Crippen molar-refractivity contribution in [1.29, 1.82) is 0 Å². The van der Waals surface area contributed by atoms with Crippen LogP contribution in [0.15, 0.2) is 18.2 Å². The molecule has 0 heterocycles. The van der Waals surface area contributed by atoms with Crippen molar-refractivity contribution in [3.05, 3.63) is 18.2 Å². The zero-order valence-corrected chi connectivity index (χ0v) is 14.5. The molecular weight excluding hydrogens is 330 g/mol. The molecule has 0 aromatic heterocycles. The van der Waals surface area contributed by atoms with Gasteiger partial charge in [-0.2, -0.15) is 0 Å². The highest BCUT2D eigenvalue weighted by molar-refractivity contribution is 5.89. The molecule has 0 spiro atoms. The number of carbonyl (C=O) groups is 3. The maximum Gasteiger partial charge on any atom is 0.316 e. The molecule has 0 aliphatic carbocycles. The van der Waals surface area contributed by atoms with Crippen LogP contribution >= 0.6 is 0 Å². The van der Waals surface area contributed by atoms with Gasteiger partial charge in [-0.1, -0.05) is 0 Å². The van der Waals surface area contributed by atoms with Crippen LogP contribution in [-0.2, 0) is 19.1 Å². The highest BCUT2D eigenvalue weighted by atomic mass is 16.5. The van der Waals surface area contributed by atoms with E-state index in [1.165, 1.54) is 21.3 Å². The number of amides is 2. The van der Waals surface area contributed by atoms with Gasteiger partial charge in [-0.3, -0.25) is 9.59 Å². The van der Waals surface area contributed by atoms with E-state index < -0.39 is 6.03 Å². The lowest BCUT2D eigenvalue weighted by Crippen LogP contribution is -2.30. The van der Waals surface area contributed by atoms with Crippen LogP contribution in [0.1, 0.15) is 12.8 Å². The molecule has 3 N–H and O–H groups in total. The van der Waals surface area contributed by atoms with Gasteiger partial charge >= 0.3 is 18.0 Å². The van der Waals surface area contributed by atoms with Crippen LogP contribution < -0.4 is 20.7 Å². The highest BCUT2D eigenvalue weighted by Gasteiger charge is 2.17. The summed E-state index contributed by atoms with van der Waals surface area (Å²) in [4.78, 5) is 35.8. The third kappa shape index (κ3) is 6.58. The molecule has 2 amide bonds. The zero-order chi connectivity index (χ0) is 18.8. The van der Waals surface area contributed by atoms with Crippen molar-refractivity contribution in [2.24, 2.45) is 5.73 Å². The summed E-state index contributed by atoms with van der Waals surface area (Å²) in [5.74, 6) is -0.244. The molecular formula is C16H23N3O6. The highest BCUT2D eigenvalue weighted by Crippen LogP contribution is 2.31. The van der Waals surface area contributed by atoms with E-state index in [1.54, 1.807) is 23.1 Å². The average molecular weight is 353 g/mol. The third-order valence-corrected chi connectivity index (χ3v) is 3.41. The number of primary amides is 1. The van der Waals surface area contributed by atoms with Crippen LogP contribution in [0.3, 0.4) is 0 Å². The first-order valence-electron chi connectivity index (χ1n) is 7.54. The zero-order valence-electron chi connectivity index (χ0n) is 14.5. The van der Waals surface area contributed by atoms with Gasteiger partial charge in [0.2, 0.25) is 0 Å². The topological polar surface area (TPSA) is 120 Å². The number of rotatable bonds is 9. The van der Waals surface area contributed by atoms with Gasteiger partial charge in [-0.15, -0.1) is 0 Å². The predicted octanol–water partition coefficient (Wildman–Crippen LogP) is 1.12. The molecule has 0 aliphatic heterocycles. The summed E-state index contributed by atoms with van der Waals surface area (Å²) in [5, 5.41) is 2.48. The second-order valence-corrected chi connectivity index (χ2v) is 5.02.